The zero-order valence-corrected chi connectivity index (χ0v) is 20.1. The maximum Gasteiger partial charge on any atom is 0.255 e. The second-order valence-corrected chi connectivity index (χ2v) is 10.4. The Balaban J connectivity index is 2.42. The third-order valence-electron chi connectivity index (χ3n) is 5.42. The predicted octanol–water partition coefficient (Wildman–Crippen LogP) is 5.61. The summed E-state index contributed by atoms with van der Waals surface area (Å²) in [5.74, 6) is 0.371. The fourth-order valence-electron chi connectivity index (χ4n) is 4.07. The molecule has 0 N–H and O–H groups in total. The molecule has 0 radical (unpaired) electrons. The Bertz CT molecular complexity index is 1200. The van der Waals surface area contributed by atoms with Crippen LogP contribution in [0.15, 0.2) is 54.6 Å². The molecule has 5 nitrogen and oxygen atoms in total. The molecule has 0 bridgehead atoms. The fourth-order valence-corrected chi connectivity index (χ4v) is 6.77. The standard InChI is InChI=1S/C26H27O5P/c1-16-12-18(3)23(19(4)13-16)26(28)32(29,25(27)20-10-8-7-9-11-20)24-21(30-5)14-17(2)15-22(24)31-6/h7-15H,1-6H3. The van der Waals surface area contributed by atoms with Crippen LogP contribution in [-0.4, -0.2) is 25.3 Å². The minimum Gasteiger partial charge on any atom is -0.496 e. The quantitative estimate of drug-likeness (QED) is 0.438. The van der Waals surface area contributed by atoms with E-state index in [0.29, 0.717) is 11.1 Å². The van der Waals surface area contributed by atoms with Gasteiger partial charge in [-0.3, -0.25) is 9.59 Å². The number of hydrogen-bond donors (Lipinski definition) is 0. The summed E-state index contributed by atoms with van der Waals surface area (Å²) < 4.78 is 25.8. The number of carbonyl (C=O) groups excluding carboxylic acids is 2. The topological polar surface area (TPSA) is 69.7 Å². The molecular weight excluding hydrogens is 423 g/mol. The highest BCUT2D eigenvalue weighted by atomic mass is 31.2. The Morgan fingerprint density at radius 1 is 0.719 bits per heavy atom. The van der Waals surface area contributed by atoms with Crippen LogP contribution in [0.3, 0.4) is 0 Å². The molecule has 0 aliphatic rings. The summed E-state index contributed by atoms with van der Waals surface area (Å²) in [4.78, 5) is 27.9. The van der Waals surface area contributed by atoms with Gasteiger partial charge < -0.3 is 14.0 Å². The third-order valence-corrected chi connectivity index (χ3v) is 8.12. The largest absolute Gasteiger partial charge is 0.496 e. The van der Waals surface area contributed by atoms with E-state index in [1.165, 1.54) is 14.2 Å². The van der Waals surface area contributed by atoms with E-state index in [4.69, 9.17) is 9.47 Å². The first kappa shape index (κ1) is 23.5. The van der Waals surface area contributed by atoms with Gasteiger partial charge in [0.25, 0.3) is 7.14 Å². The molecule has 166 valence electrons. The monoisotopic (exact) mass is 450 g/mol. The summed E-state index contributed by atoms with van der Waals surface area (Å²) in [5.41, 5.74) is 2.11. The molecule has 1 atom stereocenters. The number of carbonyl (C=O) groups is 2. The van der Waals surface area contributed by atoms with Crippen LogP contribution in [-0.2, 0) is 4.57 Å². The van der Waals surface area contributed by atoms with Gasteiger partial charge in [-0.2, -0.15) is 0 Å². The first-order valence-electron chi connectivity index (χ1n) is 10.2. The van der Waals surface area contributed by atoms with Gasteiger partial charge in [0.2, 0.25) is 11.0 Å². The molecule has 0 saturated heterocycles. The lowest BCUT2D eigenvalue weighted by Gasteiger charge is -2.23. The zero-order valence-electron chi connectivity index (χ0n) is 19.2. The lowest BCUT2D eigenvalue weighted by atomic mass is 10.0. The minimum absolute atomic E-state index is 0.00803. The van der Waals surface area contributed by atoms with Crippen molar-refractivity contribution >= 4 is 23.5 Å². The Morgan fingerprint density at radius 2 is 1.19 bits per heavy atom. The number of ether oxygens (including phenoxy) is 2. The van der Waals surface area contributed by atoms with E-state index in [1.54, 1.807) is 56.3 Å². The molecule has 0 heterocycles. The van der Waals surface area contributed by atoms with Crippen LogP contribution in [0.1, 0.15) is 43.0 Å². The second kappa shape index (κ2) is 9.13. The van der Waals surface area contributed by atoms with Crippen molar-refractivity contribution in [1.29, 1.82) is 0 Å². The Labute approximate surface area is 188 Å². The molecule has 3 rings (SSSR count). The number of benzene rings is 3. The highest BCUT2D eigenvalue weighted by molar-refractivity contribution is 8.01. The average molecular weight is 450 g/mol. The number of hydrogen-bond acceptors (Lipinski definition) is 5. The van der Waals surface area contributed by atoms with Crippen LogP contribution in [0.25, 0.3) is 0 Å². The van der Waals surface area contributed by atoms with Crippen molar-refractivity contribution in [2.45, 2.75) is 27.7 Å². The summed E-state index contributed by atoms with van der Waals surface area (Å²) in [7, 11) is -1.59. The molecule has 0 fully saturated rings. The molecule has 0 aliphatic heterocycles. The molecular formula is C26H27O5P. The minimum atomic E-state index is -4.42. The maximum atomic E-state index is 14.8. The molecule has 0 amide bonds. The third kappa shape index (κ3) is 4.01. The number of methoxy groups -OCH3 is 2. The Kier molecular flexibility index (Phi) is 6.71. The summed E-state index contributed by atoms with van der Waals surface area (Å²) in [6.45, 7) is 7.33. The second-order valence-electron chi connectivity index (χ2n) is 7.88. The maximum absolute atomic E-state index is 14.8. The Hall–Kier alpha value is -3.17. The van der Waals surface area contributed by atoms with Crippen LogP contribution in [0.5, 0.6) is 11.5 Å². The highest BCUT2D eigenvalue weighted by Gasteiger charge is 2.47. The predicted molar refractivity (Wildman–Crippen MR) is 127 cm³/mol. The van der Waals surface area contributed by atoms with Crippen LogP contribution in [0, 0.1) is 27.7 Å². The van der Waals surface area contributed by atoms with Gasteiger partial charge >= 0.3 is 0 Å². The first-order chi connectivity index (χ1) is 15.1. The molecule has 1 unspecified atom stereocenters. The molecule has 3 aromatic rings. The van der Waals surface area contributed by atoms with Gasteiger partial charge in [0.15, 0.2) is 0 Å². The lowest BCUT2D eigenvalue weighted by molar-refractivity contribution is 0.104. The molecule has 6 heteroatoms. The molecule has 0 aliphatic carbocycles. The fraction of sp³-hybridized carbons (Fsp3) is 0.231. The van der Waals surface area contributed by atoms with Crippen LogP contribution in [0.4, 0.5) is 0 Å². The lowest BCUT2D eigenvalue weighted by Crippen LogP contribution is -2.24. The molecule has 0 spiro atoms. The summed E-state index contributed by atoms with van der Waals surface area (Å²) >= 11 is 0. The zero-order chi connectivity index (χ0) is 23.6. The van der Waals surface area contributed by atoms with Gasteiger partial charge in [0, 0.05) is 11.1 Å². The van der Waals surface area contributed by atoms with Gasteiger partial charge in [-0.05, 0) is 56.5 Å². The molecule has 32 heavy (non-hydrogen) atoms. The normalized spacial score (nSPS) is 12.7. The number of rotatable bonds is 7. The van der Waals surface area contributed by atoms with Gasteiger partial charge in [-0.1, -0.05) is 48.0 Å². The van der Waals surface area contributed by atoms with Gasteiger partial charge in [-0.25, -0.2) is 0 Å². The van der Waals surface area contributed by atoms with E-state index in [-0.39, 0.29) is 27.9 Å². The summed E-state index contributed by atoms with van der Waals surface area (Å²) in [5, 5.41) is -0.00803. The van der Waals surface area contributed by atoms with E-state index in [2.05, 4.69) is 0 Å². The smallest absolute Gasteiger partial charge is 0.255 e. The average Bonchev–Trinajstić information content (AvgIpc) is 2.77. The van der Waals surface area contributed by atoms with Crippen molar-refractivity contribution in [1.82, 2.24) is 0 Å². The van der Waals surface area contributed by atoms with E-state index in [0.717, 1.165) is 11.1 Å². The van der Waals surface area contributed by atoms with Crippen LogP contribution >= 0.6 is 7.14 Å². The van der Waals surface area contributed by atoms with E-state index >= 15 is 0 Å². The number of aryl methyl sites for hydroxylation is 4. The van der Waals surface area contributed by atoms with Gasteiger partial charge in [0.05, 0.1) is 14.2 Å². The van der Waals surface area contributed by atoms with Crippen LogP contribution in [0.2, 0.25) is 0 Å². The SMILES string of the molecule is COc1cc(C)cc(OC)c1P(=O)(C(=O)c1ccccc1)C(=O)c1c(C)cc(C)cc1C. The van der Waals surface area contributed by atoms with Crippen molar-refractivity contribution in [2.75, 3.05) is 14.2 Å². The molecule has 3 aromatic carbocycles. The van der Waals surface area contributed by atoms with E-state index in [1.807, 2.05) is 26.0 Å². The molecule has 0 aromatic heterocycles. The van der Waals surface area contributed by atoms with E-state index < -0.39 is 18.2 Å². The Morgan fingerprint density at radius 3 is 1.66 bits per heavy atom. The van der Waals surface area contributed by atoms with Crippen molar-refractivity contribution < 1.29 is 23.6 Å². The van der Waals surface area contributed by atoms with Gasteiger partial charge in [0.1, 0.15) is 16.8 Å². The highest BCUT2D eigenvalue weighted by Crippen LogP contribution is 2.56. The molecule has 0 saturated carbocycles. The van der Waals surface area contributed by atoms with Crippen molar-refractivity contribution in [3.8, 4) is 11.5 Å². The van der Waals surface area contributed by atoms with E-state index in [9.17, 15) is 14.2 Å². The van der Waals surface area contributed by atoms with Crippen molar-refractivity contribution in [3.63, 3.8) is 0 Å². The first-order valence-corrected chi connectivity index (χ1v) is 11.9. The van der Waals surface area contributed by atoms with Crippen molar-refractivity contribution in [2.24, 2.45) is 0 Å². The summed E-state index contributed by atoms with van der Waals surface area (Å²) in [6.07, 6.45) is 0. The van der Waals surface area contributed by atoms with Crippen molar-refractivity contribution in [3.05, 3.63) is 88.0 Å². The van der Waals surface area contributed by atoms with Crippen LogP contribution < -0.4 is 14.8 Å². The summed E-state index contributed by atoms with van der Waals surface area (Å²) in [6, 6.07) is 15.2. The van der Waals surface area contributed by atoms with Gasteiger partial charge in [-0.15, -0.1) is 0 Å².